The van der Waals surface area contributed by atoms with Gasteiger partial charge >= 0.3 is 0 Å². The van der Waals surface area contributed by atoms with E-state index in [2.05, 4.69) is 34.8 Å². The van der Waals surface area contributed by atoms with Crippen LogP contribution in [0.15, 0.2) is 29.3 Å². The molecule has 3 N–H and O–H groups in total. The zero-order valence-corrected chi connectivity index (χ0v) is 17.6. The number of nitrogens with zero attached hydrogens (tertiary/aromatic N) is 1. The van der Waals surface area contributed by atoms with E-state index >= 15 is 0 Å². The number of carbonyl (C=O) groups excluding carboxylic acids is 1. The minimum atomic E-state index is -0.324. The van der Waals surface area contributed by atoms with Crippen LogP contribution >= 0.6 is 24.0 Å². The maximum absolute atomic E-state index is 13.1. The summed E-state index contributed by atoms with van der Waals surface area (Å²) in [6.45, 7) is 9.00. The third-order valence-corrected chi connectivity index (χ3v) is 3.31. The summed E-state index contributed by atoms with van der Waals surface area (Å²) >= 11 is 0. The van der Waals surface area contributed by atoms with Crippen molar-refractivity contribution in [2.24, 2.45) is 10.9 Å². The molecule has 1 amide bonds. The van der Waals surface area contributed by atoms with Crippen LogP contribution in [0.3, 0.4) is 0 Å². The number of rotatable bonds is 9. The van der Waals surface area contributed by atoms with Crippen LogP contribution in [0, 0.1) is 11.7 Å². The summed E-state index contributed by atoms with van der Waals surface area (Å²) in [6.07, 6.45) is 1.22. The second-order valence-electron chi connectivity index (χ2n) is 6.03. The van der Waals surface area contributed by atoms with E-state index < -0.39 is 0 Å². The van der Waals surface area contributed by atoms with Gasteiger partial charge in [-0.3, -0.25) is 9.79 Å². The van der Waals surface area contributed by atoms with Crippen molar-refractivity contribution in [2.45, 2.75) is 33.6 Å². The Bertz CT molecular complexity index is 538. The van der Waals surface area contributed by atoms with Crippen molar-refractivity contribution in [3.8, 4) is 0 Å². The maximum Gasteiger partial charge on any atom is 0.224 e. The van der Waals surface area contributed by atoms with Crippen LogP contribution in [-0.2, 0) is 11.2 Å². The van der Waals surface area contributed by atoms with Gasteiger partial charge in [0.05, 0.1) is 6.42 Å². The third-order valence-electron chi connectivity index (χ3n) is 3.31. The van der Waals surface area contributed by atoms with E-state index in [-0.39, 0.29) is 42.1 Å². The van der Waals surface area contributed by atoms with Gasteiger partial charge in [-0.2, -0.15) is 0 Å². The predicted molar refractivity (Wildman–Crippen MR) is 112 cm³/mol. The zero-order valence-electron chi connectivity index (χ0n) is 15.3. The minimum Gasteiger partial charge on any atom is -0.357 e. The van der Waals surface area contributed by atoms with Gasteiger partial charge in [0, 0.05) is 26.2 Å². The Hall–Kier alpha value is -1.38. The van der Waals surface area contributed by atoms with E-state index in [1.807, 2.05) is 6.92 Å². The number of benzene rings is 1. The lowest BCUT2D eigenvalue weighted by Gasteiger charge is -2.12. The summed E-state index contributed by atoms with van der Waals surface area (Å²) in [4.78, 5) is 16.3. The molecule has 0 atom stereocenters. The molecule has 0 fully saturated rings. The average Bonchev–Trinajstić information content (AvgIpc) is 2.51. The van der Waals surface area contributed by atoms with Crippen molar-refractivity contribution in [1.82, 2.24) is 16.0 Å². The van der Waals surface area contributed by atoms with Gasteiger partial charge in [0.1, 0.15) is 5.82 Å². The monoisotopic (exact) mass is 464 g/mol. The first kappa shape index (κ1) is 23.6. The molecule has 1 aromatic rings. The van der Waals surface area contributed by atoms with Crippen molar-refractivity contribution in [3.05, 3.63) is 35.6 Å². The van der Waals surface area contributed by atoms with E-state index in [0.29, 0.717) is 24.6 Å². The highest BCUT2D eigenvalue weighted by atomic mass is 127. The Morgan fingerprint density at radius 2 is 1.92 bits per heavy atom. The first-order chi connectivity index (χ1) is 11.5. The van der Waals surface area contributed by atoms with Crippen LogP contribution < -0.4 is 16.0 Å². The lowest BCUT2D eigenvalue weighted by atomic mass is 10.1. The molecule has 0 bridgehead atoms. The minimum absolute atomic E-state index is 0. The van der Waals surface area contributed by atoms with Crippen molar-refractivity contribution in [2.75, 3.05) is 26.2 Å². The topological polar surface area (TPSA) is 65.5 Å². The summed E-state index contributed by atoms with van der Waals surface area (Å²) in [5, 5.41) is 9.18. The SMILES string of the molecule is CCNC(=NCCC(C)C)NCCNC(=O)Cc1cccc(F)c1.I. The van der Waals surface area contributed by atoms with Gasteiger partial charge in [0.15, 0.2) is 5.96 Å². The number of nitrogens with one attached hydrogen (secondary N) is 3. The van der Waals surface area contributed by atoms with Crippen LogP contribution in [0.4, 0.5) is 4.39 Å². The highest BCUT2D eigenvalue weighted by Gasteiger charge is 2.04. The molecule has 0 radical (unpaired) electrons. The van der Waals surface area contributed by atoms with Crippen molar-refractivity contribution in [3.63, 3.8) is 0 Å². The molecule has 1 rings (SSSR count). The number of hydrogen-bond acceptors (Lipinski definition) is 2. The van der Waals surface area contributed by atoms with Gasteiger partial charge < -0.3 is 16.0 Å². The number of carbonyl (C=O) groups is 1. The van der Waals surface area contributed by atoms with E-state index in [9.17, 15) is 9.18 Å². The van der Waals surface area contributed by atoms with Crippen molar-refractivity contribution < 1.29 is 9.18 Å². The van der Waals surface area contributed by atoms with Crippen LogP contribution in [0.1, 0.15) is 32.8 Å². The van der Waals surface area contributed by atoms with Gasteiger partial charge in [0.2, 0.25) is 5.91 Å². The van der Waals surface area contributed by atoms with E-state index in [1.54, 1.807) is 12.1 Å². The fourth-order valence-electron chi connectivity index (χ4n) is 2.05. The molecule has 0 spiro atoms. The summed E-state index contributed by atoms with van der Waals surface area (Å²) < 4.78 is 13.1. The number of guanidine groups is 1. The lowest BCUT2D eigenvalue weighted by Crippen LogP contribution is -2.41. The van der Waals surface area contributed by atoms with E-state index in [1.165, 1.54) is 12.1 Å². The van der Waals surface area contributed by atoms with Gasteiger partial charge in [-0.1, -0.05) is 26.0 Å². The molecule has 0 aromatic heterocycles. The van der Waals surface area contributed by atoms with Crippen molar-refractivity contribution >= 4 is 35.8 Å². The smallest absolute Gasteiger partial charge is 0.224 e. The van der Waals surface area contributed by atoms with Crippen LogP contribution in [-0.4, -0.2) is 38.0 Å². The largest absolute Gasteiger partial charge is 0.357 e. The Balaban J connectivity index is 0.00000576. The predicted octanol–water partition coefficient (Wildman–Crippen LogP) is 2.70. The molecular weight excluding hydrogens is 434 g/mol. The Morgan fingerprint density at radius 3 is 2.56 bits per heavy atom. The van der Waals surface area contributed by atoms with Crippen LogP contribution in [0.2, 0.25) is 0 Å². The molecule has 5 nitrogen and oxygen atoms in total. The first-order valence-electron chi connectivity index (χ1n) is 8.54. The van der Waals surface area contributed by atoms with Gasteiger partial charge in [-0.05, 0) is 37.0 Å². The first-order valence-corrected chi connectivity index (χ1v) is 8.54. The number of halogens is 2. The maximum atomic E-state index is 13.1. The quantitative estimate of drug-likeness (QED) is 0.228. The second-order valence-corrected chi connectivity index (χ2v) is 6.03. The second kappa shape index (κ2) is 13.9. The Kier molecular flexibility index (Phi) is 13.1. The highest BCUT2D eigenvalue weighted by Crippen LogP contribution is 2.03. The van der Waals surface area contributed by atoms with E-state index in [4.69, 9.17) is 0 Å². The highest BCUT2D eigenvalue weighted by molar-refractivity contribution is 14.0. The molecular formula is C18H30FIN4O. The molecule has 0 saturated carbocycles. The fraction of sp³-hybridized carbons (Fsp3) is 0.556. The van der Waals surface area contributed by atoms with E-state index in [0.717, 1.165) is 25.5 Å². The summed E-state index contributed by atoms with van der Waals surface area (Å²) in [5.41, 5.74) is 0.670. The molecule has 0 aliphatic rings. The average molecular weight is 464 g/mol. The fourth-order valence-corrected chi connectivity index (χ4v) is 2.05. The van der Waals surface area contributed by atoms with Gasteiger partial charge in [-0.25, -0.2) is 4.39 Å². The Morgan fingerprint density at radius 1 is 1.20 bits per heavy atom. The molecule has 0 aliphatic carbocycles. The molecule has 7 heteroatoms. The molecule has 1 aromatic carbocycles. The van der Waals surface area contributed by atoms with Crippen LogP contribution in [0.5, 0.6) is 0 Å². The number of aliphatic imine (C=N–C) groups is 1. The van der Waals surface area contributed by atoms with Gasteiger partial charge in [-0.15, -0.1) is 24.0 Å². The normalized spacial score (nSPS) is 11.0. The molecule has 0 heterocycles. The molecule has 25 heavy (non-hydrogen) atoms. The lowest BCUT2D eigenvalue weighted by molar-refractivity contribution is -0.120. The molecule has 0 unspecified atom stereocenters. The summed E-state index contributed by atoms with van der Waals surface area (Å²) in [5.74, 6) is 0.940. The zero-order chi connectivity index (χ0) is 17.8. The van der Waals surface area contributed by atoms with Gasteiger partial charge in [0.25, 0.3) is 0 Å². The summed E-state index contributed by atoms with van der Waals surface area (Å²) in [6, 6.07) is 6.09. The summed E-state index contributed by atoms with van der Waals surface area (Å²) in [7, 11) is 0. The number of hydrogen-bond donors (Lipinski definition) is 3. The third kappa shape index (κ3) is 11.7. The van der Waals surface area contributed by atoms with Crippen LogP contribution in [0.25, 0.3) is 0 Å². The molecule has 142 valence electrons. The molecule has 0 saturated heterocycles. The molecule has 0 aliphatic heterocycles. The van der Waals surface area contributed by atoms with Crippen molar-refractivity contribution in [1.29, 1.82) is 0 Å². The number of amides is 1. The Labute approximate surface area is 167 Å². The standard InChI is InChI=1S/C18H29FN4O.HI/c1-4-20-18(22-9-8-14(2)3)23-11-10-21-17(24)13-15-6-5-7-16(19)12-15;/h5-7,12,14H,4,8-11,13H2,1-3H3,(H,21,24)(H2,20,22,23);1H.